The smallest absolute Gasteiger partial charge is 0.246 e. The average Bonchev–Trinajstić information content (AvgIpc) is 2.97. The molecule has 0 atom stereocenters. The summed E-state index contributed by atoms with van der Waals surface area (Å²) in [6.45, 7) is 3.94. The Balaban J connectivity index is 2.38. The van der Waals surface area contributed by atoms with Crippen LogP contribution in [0, 0.1) is 0 Å². The van der Waals surface area contributed by atoms with Gasteiger partial charge in [-0.2, -0.15) is 4.98 Å². The molecule has 0 unspecified atom stereocenters. The molecule has 0 bridgehead atoms. The van der Waals surface area contributed by atoms with Crippen molar-refractivity contribution in [3.63, 3.8) is 0 Å². The van der Waals surface area contributed by atoms with Gasteiger partial charge in [-0.15, -0.1) is 0 Å². The molecule has 0 aliphatic heterocycles. The molecule has 0 aliphatic carbocycles. The standard InChI is InChI=1S/C14H19N3O3/c1-14(2,15-3)13-16-12(17-20-13)9-6-7-10(18-4)11(8-9)19-5/h6-8,15H,1-5H3. The summed E-state index contributed by atoms with van der Waals surface area (Å²) in [7, 11) is 5.03. The highest BCUT2D eigenvalue weighted by Crippen LogP contribution is 2.31. The van der Waals surface area contributed by atoms with E-state index in [4.69, 9.17) is 14.0 Å². The van der Waals surface area contributed by atoms with Gasteiger partial charge < -0.3 is 19.3 Å². The molecule has 20 heavy (non-hydrogen) atoms. The van der Waals surface area contributed by atoms with E-state index in [1.165, 1.54) is 0 Å². The first-order chi connectivity index (χ1) is 9.51. The molecule has 0 saturated carbocycles. The van der Waals surface area contributed by atoms with Crippen molar-refractivity contribution in [1.29, 1.82) is 0 Å². The summed E-state index contributed by atoms with van der Waals surface area (Å²) in [6, 6.07) is 5.50. The molecular formula is C14H19N3O3. The number of benzene rings is 1. The highest BCUT2D eigenvalue weighted by atomic mass is 16.5. The second kappa shape index (κ2) is 5.50. The van der Waals surface area contributed by atoms with Crippen molar-refractivity contribution in [3.8, 4) is 22.9 Å². The lowest BCUT2D eigenvalue weighted by Crippen LogP contribution is -2.33. The molecule has 1 aromatic heterocycles. The molecule has 2 aromatic rings. The van der Waals surface area contributed by atoms with E-state index in [-0.39, 0.29) is 5.54 Å². The fourth-order valence-electron chi connectivity index (χ4n) is 1.68. The second-order valence-corrected chi connectivity index (χ2v) is 4.87. The van der Waals surface area contributed by atoms with Gasteiger partial charge in [0.1, 0.15) is 0 Å². The molecule has 108 valence electrons. The summed E-state index contributed by atoms with van der Waals surface area (Å²) in [5, 5.41) is 7.13. The van der Waals surface area contributed by atoms with Crippen molar-refractivity contribution in [2.24, 2.45) is 0 Å². The quantitative estimate of drug-likeness (QED) is 0.903. The fourth-order valence-corrected chi connectivity index (χ4v) is 1.68. The predicted octanol–water partition coefficient (Wildman–Crippen LogP) is 2.21. The Morgan fingerprint density at radius 1 is 1.15 bits per heavy atom. The molecule has 2 rings (SSSR count). The largest absolute Gasteiger partial charge is 0.493 e. The molecular weight excluding hydrogens is 258 g/mol. The molecule has 0 fully saturated rings. The van der Waals surface area contributed by atoms with E-state index in [1.807, 2.05) is 39.1 Å². The van der Waals surface area contributed by atoms with Crippen molar-refractivity contribution in [1.82, 2.24) is 15.5 Å². The molecule has 0 saturated heterocycles. The van der Waals surface area contributed by atoms with Gasteiger partial charge in [-0.25, -0.2) is 0 Å². The van der Waals surface area contributed by atoms with Crippen LogP contribution in [0.1, 0.15) is 19.7 Å². The highest BCUT2D eigenvalue weighted by Gasteiger charge is 2.25. The molecule has 0 aliphatic rings. The third-order valence-electron chi connectivity index (χ3n) is 3.23. The van der Waals surface area contributed by atoms with Crippen molar-refractivity contribution >= 4 is 0 Å². The molecule has 1 N–H and O–H groups in total. The van der Waals surface area contributed by atoms with E-state index in [1.54, 1.807) is 14.2 Å². The zero-order chi connectivity index (χ0) is 14.8. The normalized spacial score (nSPS) is 11.4. The van der Waals surface area contributed by atoms with Crippen LogP contribution in [0.2, 0.25) is 0 Å². The molecule has 1 heterocycles. The SMILES string of the molecule is CNC(C)(C)c1nc(-c2ccc(OC)c(OC)c2)no1. The number of methoxy groups -OCH3 is 2. The Labute approximate surface area is 118 Å². The summed E-state index contributed by atoms with van der Waals surface area (Å²) < 4.78 is 15.8. The third-order valence-corrected chi connectivity index (χ3v) is 3.23. The maximum atomic E-state index is 5.31. The van der Waals surface area contributed by atoms with Crippen LogP contribution >= 0.6 is 0 Å². The molecule has 0 spiro atoms. The van der Waals surface area contributed by atoms with Crippen molar-refractivity contribution in [2.75, 3.05) is 21.3 Å². The van der Waals surface area contributed by atoms with Crippen molar-refractivity contribution < 1.29 is 14.0 Å². The van der Waals surface area contributed by atoms with E-state index in [0.717, 1.165) is 5.56 Å². The van der Waals surface area contributed by atoms with Crippen LogP contribution in [0.5, 0.6) is 11.5 Å². The maximum Gasteiger partial charge on any atom is 0.246 e. The lowest BCUT2D eigenvalue weighted by Gasteiger charge is -2.17. The zero-order valence-corrected chi connectivity index (χ0v) is 12.4. The van der Waals surface area contributed by atoms with Crippen LogP contribution in [0.25, 0.3) is 11.4 Å². The summed E-state index contributed by atoms with van der Waals surface area (Å²) in [4.78, 5) is 4.42. The van der Waals surface area contributed by atoms with Gasteiger partial charge in [-0.05, 0) is 39.1 Å². The summed E-state index contributed by atoms with van der Waals surface area (Å²) in [6.07, 6.45) is 0. The van der Waals surface area contributed by atoms with Gasteiger partial charge in [0.2, 0.25) is 11.7 Å². The number of hydrogen-bond acceptors (Lipinski definition) is 6. The first kappa shape index (κ1) is 14.3. The van der Waals surface area contributed by atoms with Crippen molar-refractivity contribution in [2.45, 2.75) is 19.4 Å². The van der Waals surface area contributed by atoms with Crippen LogP contribution in [-0.4, -0.2) is 31.4 Å². The Hall–Kier alpha value is -2.08. The molecule has 6 heteroatoms. The Kier molecular flexibility index (Phi) is 3.94. The Bertz CT molecular complexity index is 593. The monoisotopic (exact) mass is 277 g/mol. The van der Waals surface area contributed by atoms with Gasteiger partial charge >= 0.3 is 0 Å². The minimum Gasteiger partial charge on any atom is -0.493 e. The molecule has 0 radical (unpaired) electrons. The number of aromatic nitrogens is 2. The van der Waals surface area contributed by atoms with Gasteiger partial charge in [0.15, 0.2) is 11.5 Å². The Morgan fingerprint density at radius 2 is 1.85 bits per heavy atom. The number of rotatable bonds is 5. The van der Waals surface area contributed by atoms with Gasteiger partial charge in [-0.3, -0.25) is 0 Å². The maximum absolute atomic E-state index is 5.31. The summed E-state index contributed by atoms with van der Waals surface area (Å²) in [5.41, 5.74) is 0.437. The van der Waals surface area contributed by atoms with Gasteiger partial charge in [0, 0.05) is 5.56 Å². The van der Waals surface area contributed by atoms with Crippen LogP contribution < -0.4 is 14.8 Å². The molecule has 1 aromatic carbocycles. The van der Waals surface area contributed by atoms with Crippen LogP contribution in [-0.2, 0) is 5.54 Å². The van der Waals surface area contributed by atoms with E-state index < -0.39 is 0 Å². The minimum absolute atomic E-state index is 0.373. The third kappa shape index (κ3) is 2.60. The first-order valence-corrected chi connectivity index (χ1v) is 6.27. The number of hydrogen-bond donors (Lipinski definition) is 1. The van der Waals surface area contributed by atoms with Gasteiger partial charge in [0.25, 0.3) is 0 Å². The van der Waals surface area contributed by atoms with Crippen LogP contribution in [0.4, 0.5) is 0 Å². The number of nitrogens with zero attached hydrogens (tertiary/aromatic N) is 2. The van der Waals surface area contributed by atoms with Gasteiger partial charge in [-0.1, -0.05) is 5.16 Å². The lowest BCUT2D eigenvalue weighted by atomic mass is 10.1. The van der Waals surface area contributed by atoms with E-state index in [9.17, 15) is 0 Å². The van der Waals surface area contributed by atoms with Crippen LogP contribution in [0.3, 0.4) is 0 Å². The highest BCUT2D eigenvalue weighted by molar-refractivity contribution is 5.60. The molecule has 6 nitrogen and oxygen atoms in total. The number of nitrogens with one attached hydrogen (secondary N) is 1. The van der Waals surface area contributed by atoms with E-state index in [0.29, 0.717) is 23.2 Å². The number of ether oxygens (including phenoxy) is 2. The fraction of sp³-hybridized carbons (Fsp3) is 0.429. The summed E-state index contributed by atoms with van der Waals surface area (Å²) in [5.74, 6) is 2.34. The first-order valence-electron chi connectivity index (χ1n) is 6.27. The topological polar surface area (TPSA) is 69.4 Å². The predicted molar refractivity (Wildman–Crippen MR) is 74.9 cm³/mol. The van der Waals surface area contributed by atoms with Crippen LogP contribution in [0.15, 0.2) is 22.7 Å². The van der Waals surface area contributed by atoms with Crippen molar-refractivity contribution in [3.05, 3.63) is 24.1 Å². The van der Waals surface area contributed by atoms with E-state index in [2.05, 4.69) is 15.5 Å². The second-order valence-electron chi connectivity index (χ2n) is 4.87. The van der Waals surface area contributed by atoms with Gasteiger partial charge in [0.05, 0.1) is 19.8 Å². The average molecular weight is 277 g/mol. The Morgan fingerprint density at radius 3 is 2.45 bits per heavy atom. The minimum atomic E-state index is -0.373. The summed E-state index contributed by atoms with van der Waals surface area (Å²) >= 11 is 0. The zero-order valence-electron chi connectivity index (χ0n) is 12.4. The molecule has 0 amide bonds. The van der Waals surface area contributed by atoms with E-state index >= 15 is 0 Å². The lowest BCUT2D eigenvalue weighted by molar-refractivity contribution is 0.281.